The highest BCUT2D eigenvalue weighted by Crippen LogP contribution is 2.34. The maximum absolute atomic E-state index is 4.63. The number of benzene rings is 2. The van der Waals surface area contributed by atoms with E-state index in [1.54, 1.807) is 0 Å². The molecule has 0 unspecified atom stereocenters. The highest BCUT2D eigenvalue weighted by Gasteiger charge is 2.14. The van der Waals surface area contributed by atoms with Crippen LogP contribution in [0.4, 0.5) is 0 Å². The maximum atomic E-state index is 4.63. The summed E-state index contributed by atoms with van der Waals surface area (Å²) in [7, 11) is 0. The van der Waals surface area contributed by atoms with Gasteiger partial charge in [-0.2, -0.15) is 0 Å². The van der Waals surface area contributed by atoms with E-state index in [9.17, 15) is 0 Å². The lowest BCUT2D eigenvalue weighted by Crippen LogP contribution is -2.07. The fraction of sp³-hybridized carbons (Fsp3) is 0.440. The molecule has 2 rings (SSSR count). The minimum absolute atomic E-state index is 0.195. The van der Waals surface area contributed by atoms with Crippen LogP contribution in [0.5, 0.6) is 0 Å². The van der Waals surface area contributed by atoms with Gasteiger partial charge in [-0.3, -0.25) is 9.98 Å². The number of rotatable bonds is 8. The molecule has 2 nitrogen and oxygen atoms in total. The van der Waals surface area contributed by atoms with E-state index in [1.165, 1.54) is 20.9 Å². The molecule has 0 fully saturated rings. The van der Waals surface area contributed by atoms with Crippen LogP contribution < -0.4 is 0 Å². The Labute approximate surface area is 185 Å². The monoisotopic (exact) mass is 426 g/mol. The minimum atomic E-state index is 0.195. The zero-order valence-electron chi connectivity index (χ0n) is 18.6. The van der Waals surface area contributed by atoms with Crippen LogP contribution >= 0.6 is 23.5 Å². The summed E-state index contributed by atoms with van der Waals surface area (Å²) < 4.78 is 0.389. The standard InChI is InChI=1S/C25H34N2S2/c1-24(2,3)28-22-14-9-7-12-20(22)18-26-16-11-17-27-19-21-13-8-10-15-23(21)29-25(4,5)6/h7-10,12-15,18-19H,11,16-17H2,1-6H3/b26-18+,27-19+. The van der Waals surface area contributed by atoms with Crippen LogP contribution in [0, 0.1) is 0 Å². The quantitative estimate of drug-likeness (QED) is 0.249. The Morgan fingerprint density at radius 1 is 0.655 bits per heavy atom. The molecule has 0 saturated carbocycles. The Hall–Kier alpha value is -1.52. The molecule has 0 aliphatic carbocycles. The fourth-order valence-corrected chi connectivity index (χ4v) is 4.69. The summed E-state index contributed by atoms with van der Waals surface area (Å²) in [6.07, 6.45) is 4.97. The van der Waals surface area contributed by atoms with Gasteiger partial charge in [0, 0.05) is 55.9 Å². The number of hydrogen-bond donors (Lipinski definition) is 0. The summed E-state index contributed by atoms with van der Waals surface area (Å²) in [6, 6.07) is 17.0. The number of thioether (sulfide) groups is 2. The first-order valence-corrected chi connectivity index (χ1v) is 11.8. The molecule has 0 saturated heterocycles. The largest absolute Gasteiger partial charge is 0.292 e. The fourth-order valence-electron chi connectivity index (χ4n) is 2.60. The number of nitrogens with zero attached hydrogens (tertiary/aromatic N) is 2. The third-order valence-electron chi connectivity index (χ3n) is 3.71. The van der Waals surface area contributed by atoms with Crippen molar-refractivity contribution < 1.29 is 0 Å². The van der Waals surface area contributed by atoms with Crippen LogP contribution in [0.3, 0.4) is 0 Å². The van der Waals surface area contributed by atoms with Gasteiger partial charge in [-0.05, 0) is 18.6 Å². The number of aliphatic imine (C=N–C) groups is 2. The molecule has 0 radical (unpaired) electrons. The van der Waals surface area contributed by atoms with Crippen LogP contribution in [0.25, 0.3) is 0 Å². The van der Waals surface area contributed by atoms with Crippen LogP contribution in [-0.4, -0.2) is 35.0 Å². The Bertz CT molecular complexity index is 758. The summed E-state index contributed by atoms with van der Waals surface area (Å²) in [6.45, 7) is 15.0. The van der Waals surface area contributed by atoms with Crippen molar-refractivity contribution in [3.05, 3.63) is 59.7 Å². The van der Waals surface area contributed by atoms with Crippen molar-refractivity contribution in [3.63, 3.8) is 0 Å². The van der Waals surface area contributed by atoms with E-state index in [0.29, 0.717) is 0 Å². The van der Waals surface area contributed by atoms with Gasteiger partial charge in [-0.15, -0.1) is 23.5 Å². The van der Waals surface area contributed by atoms with Crippen LogP contribution in [0.1, 0.15) is 59.1 Å². The SMILES string of the molecule is CC(C)(C)Sc1ccccc1/C=N/CCC/N=C/c1ccccc1SC(C)(C)C. The molecule has 0 aliphatic rings. The molecular weight excluding hydrogens is 392 g/mol. The predicted molar refractivity (Wildman–Crippen MR) is 134 cm³/mol. The van der Waals surface area contributed by atoms with E-state index in [-0.39, 0.29) is 9.49 Å². The molecule has 4 heteroatoms. The van der Waals surface area contributed by atoms with Gasteiger partial charge in [0.15, 0.2) is 0 Å². The molecule has 2 aromatic carbocycles. The topological polar surface area (TPSA) is 24.7 Å². The van der Waals surface area contributed by atoms with Gasteiger partial charge in [0.25, 0.3) is 0 Å². The van der Waals surface area contributed by atoms with Crippen molar-refractivity contribution in [2.24, 2.45) is 9.98 Å². The van der Waals surface area contributed by atoms with Crippen molar-refractivity contribution in [3.8, 4) is 0 Å². The predicted octanol–water partition coefficient (Wildman–Crippen LogP) is 7.40. The van der Waals surface area contributed by atoms with E-state index in [1.807, 2.05) is 36.0 Å². The van der Waals surface area contributed by atoms with Crippen LogP contribution in [0.2, 0.25) is 0 Å². The van der Waals surface area contributed by atoms with E-state index in [4.69, 9.17) is 0 Å². The summed E-state index contributed by atoms with van der Waals surface area (Å²) in [5.41, 5.74) is 2.40. The first-order valence-electron chi connectivity index (χ1n) is 10.2. The third-order valence-corrected chi connectivity index (χ3v) is 6.11. The van der Waals surface area contributed by atoms with E-state index in [2.05, 4.69) is 100 Å². The molecule has 29 heavy (non-hydrogen) atoms. The van der Waals surface area contributed by atoms with Crippen molar-refractivity contribution in [2.75, 3.05) is 13.1 Å². The van der Waals surface area contributed by atoms with Crippen molar-refractivity contribution in [2.45, 2.75) is 67.2 Å². The summed E-state index contributed by atoms with van der Waals surface area (Å²) >= 11 is 3.77. The third kappa shape index (κ3) is 9.68. The first kappa shape index (κ1) is 23.8. The lowest BCUT2D eigenvalue weighted by atomic mass is 10.2. The van der Waals surface area contributed by atoms with Gasteiger partial charge in [-0.1, -0.05) is 77.9 Å². The molecule has 0 heterocycles. The normalized spacial score (nSPS) is 12.9. The minimum Gasteiger partial charge on any atom is -0.292 e. The zero-order chi connectivity index (χ0) is 21.3. The molecule has 0 aliphatic heterocycles. The van der Waals surface area contributed by atoms with Crippen molar-refractivity contribution in [1.82, 2.24) is 0 Å². The van der Waals surface area contributed by atoms with E-state index >= 15 is 0 Å². The Kier molecular flexibility index (Phi) is 9.04. The second-order valence-corrected chi connectivity index (χ2v) is 12.7. The van der Waals surface area contributed by atoms with Crippen LogP contribution in [0.15, 0.2) is 68.3 Å². The van der Waals surface area contributed by atoms with Crippen LogP contribution in [-0.2, 0) is 0 Å². The van der Waals surface area contributed by atoms with Crippen molar-refractivity contribution in [1.29, 1.82) is 0 Å². The number of hydrogen-bond acceptors (Lipinski definition) is 4. The first-order chi connectivity index (χ1) is 13.6. The summed E-state index contributed by atoms with van der Waals surface area (Å²) in [5.74, 6) is 0. The molecular formula is C25H34N2S2. The van der Waals surface area contributed by atoms with Gasteiger partial charge < -0.3 is 0 Å². The van der Waals surface area contributed by atoms with Gasteiger partial charge in [0.05, 0.1) is 0 Å². The maximum Gasteiger partial charge on any atom is 0.0407 e. The van der Waals surface area contributed by atoms with Gasteiger partial charge >= 0.3 is 0 Å². The summed E-state index contributed by atoms with van der Waals surface area (Å²) in [5, 5.41) is 0. The molecule has 0 N–H and O–H groups in total. The Morgan fingerprint density at radius 3 is 1.41 bits per heavy atom. The van der Waals surface area contributed by atoms with Gasteiger partial charge in [0.1, 0.15) is 0 Å². The molecule has 2 aromatic rings. The van der Waals surface area contributed by atoms with Gasteiger partial charge in [0.2, 0.25) is 0 Å². The molecule has 0 aromatic heterocycles. The lowest BCUT2D eigenvalue weighted by molar-refractivity contribution is 0.802. The average Bonchev–Trinajstić information content (AvgIpc) is 2.61. The highest BCUT2D eigenvalue weighted by molar-refractivity contribution is 8.01. The molecule has 0 atom stereocenters. The summed E-state index contributed by atoms with van der Waals surface area (Å²) in [4.78, 5) is 11.8. The molecule has 156 valence electrons. The molecule has 0 amide bonds. The highest BCUT2D eigenvalue weighted by atomic mass is 32.2. The van der Waals surface area contributed by atoms with E-state index in [0.717, 1.165) is 19.5 Å². The van der Waals surface area contributed by atoms with Gasteiger partial charge in [-0.25, -0.2) is 0 Å². The Balaban J connectivity index is 1.85. The van der Waals surface area contributed by atoms with E-state index < -0.39 is 0 Å². The second-order valence-electron chi connectivity index (χ2n) is 8.93. The lowest BCUT2D eigenvalue weighted by Gasteiger charge is -2.18. The average molecular weight is 427 g/mol. The zero-order valence-corrected chi connectivity index (χ0v) is 20.2. The smallest absolute Gasteiger partial charge is 0.0407 e. The second kappa shape index (κ2) is 11.0. The molecule has 0 bridgehead atoms. The Morgan fingerprint density at radius 2 is 1.03 bits per heavy atom. The van der Waals surface area contributed by atoms with Crippen molar-refractivity contribution >= 4 is 36.0 Å². The molecule has 0 spiro atoms.